The molecule has 0 saturated heterocycles. The fourth-order valence-electron chi connectivity index (χ4n) is 2.29. The van der Waals surface area contributed by atoms with Crippen LogP contribution >= 0.6 is 15.9 Å². The molecule has 1 aromatic carbocycles. The van der Waals surface area contributed by atoms with Gasteiger partial charge in [0.2, 0.25) is 0 Å². The number of ether oxygens (including phenoxy) is 2. The molecule has 0 spiro atoms. The third-order valence-electron chi connectivity index (χ3n) is 3.16. The van der Waals surface area contributed by atoms with E-state index in [0.29, 0.717) is 19.8 Å². The van der Waals surface area contributed by atoms with Crippen LogP contribution in [-0.2, 0) is 6.54 Å². The second-order valence-electron chi connectivity index (χ2n) is 5.70. The number of aliphatic hydroxyl groups is 1. The second-order valence-corrected chi connectivity index (χ2v) is 6.56. The van der Waals surface area contributed by atoms with Gasteiger partial charge in [0.15, 0.2) is 11.5 Å². The molecule has 1 N–H and O–H groups in total. The molecule has 2 rings (SSSR count). The van der Waals surface area contributed by atoms with Crippen molar-refractivity contribution in [2.75, 3.05) is 26.3 Å². The Bertz CT molecular complexity index is 471. The summed E-state index contributed by atoms with van der Waals surface area (Å²) < 4.78 is 12.2. The van der Waals surface area contributed by atoms with Crippen molar-refractivity contribution in [1.82, 2.24) is 4.90 Å². The zero-order valence-electron chi connectivity index (χ0n) is 12.3. The highest BCUT2D eigenvalue weighted by Crippen LogP contribution is 2.36. The molecular formula is C15H22BrNO3. The quantitative estimate of drug-likeness (QED) is 0.892. The van der Waals surface area contributed by atoms with E-state index in [4.69, 9.17) is 9.47 Å². The number of hydrogen-bond acceptors (Lipinski definition) is 4. The van der Waals surface area contributed by atoms with Gasteiger partial charge in [-0.2, -0.15) is 0 Å². The van der Waals surface area contributed by atoms with Gasteiger partial charge in [-0.05, 0) is 38.1 Å². The van der Waals surface area contributed by atoms with E-state index in [1.165, 1.54) is 0 Å². The maximum Gasteiger partial charge on any atom is 0.162 e. The van der Waals surface area contributed by atoms with Gasteiger partial charge in [-0.3, -0.25) is 4.90 Å². The first-order valence-electron chi connectivity index (χ1n) is 6.92. The van der Waals surface area contributed by atoms with E-state index in [0.717, 1.165) is 34.6 Å². The van der Waals surface area contributed by atoms with Crippen molar-refractivity contribution in [3.8, 4) is 11.5 Å². The molecule has 0 aliphatic carbocycles. The van der Waals surface area contributed by atoms with Crippen molar-refractivity contribution in [3.05, 3.63) is 22.2 Å². The minimum Gasteiger partial charge on any atom is -0.486 e. The smallest absolute Gasteiger partial charge is 0.162 e. The minimum atomic E-state index is -0.698. The van der Waals surface area contributed by atoms with Crippen LogP contribution < -0.4 is 9.47 Å². The van der Waals surface area contributed by atoms with E-state index < -0.39 is 5.60 Å². The van der Waals surface area contributed by atoms with Crippen LogP contribution in [0.25, 0.3) is 0 Å². The van der Waals surface area contributed by atoms with Crippen LogP contribution in [0.1, 0.15) is 26.3 Å². The Morgan fingerprint density at radius 2 is 1.85 bits per heavy atom. The van der Waals surface area contributed by atoms with Gasteiger partial charge >= 0.3 is 0 Å². The Balaban J connectivity index is 2.15. The number of likely N-dealkylation sites (N-methyl/N-ethyl adjacent to an activating group) is 1. The second kappa shape index (κ2) is 6.33. The highest BCUT2D eigenvalue weighted by molar-refractivity contribution is 9.10. The first-order valence-corrected chi connectivity index (χ1v) is 7.71. The fraction of sp³-hybridized carbons (Fsp3) is 0.600. The first kappa shape index (κ1) is 15.6. The van der Waals surface area contributed by atoms with Gasteiger partial charge in [0.05, 0.1) is 5.60 Å². The van der Waals surface area contributed by atoms with Crippen molar-refractivity contribution >= 4 is 15.9 Å². The Labute approximate surface area is 128 Å². The van der Waals surface area contributed by atoms with Gasteiger partial charge in [0.25, 0.3) is 0 Å². The van der Waals surface area contributed by atoms with Crippen LogP contribution in [0.2, 0.25) is 0 Å². The summed E-state index contributed by atoms with van der Waals surface area (Å²) in [5.41, 5.74) is 0.441. The molecule has 0 atom stereocenters. The predicted octanol–water partition coefficient (Wildman–Crippen LogP) is 2.81. The third kappa shape index (κ3) is 4.11. The number of rotatable bonds is 5. The summed E-state index contributed by atoms with van der Waals surface area (Å²) in [6, 6.07) is 3.98. The zero-order valence-corrected chi connectivity index (χ0v) is 13.9. The molecule has 0 fully saturated rings. The molecule has 0 amide bonds. The molecular weight excluding hydrogens is 322 g/mol. The number of halogens is 1. The highest BCUT2D eigenvalue weighted by atomic mass is 79.9. The molecule has 1 heterocycles. The molecule has 0 saturated carbocycles. The Hall–Kier alpha value is -0.780. The summed E-state index contributed by atoms with van der Waals surface area (Å²) in [6.45, 7) is 9.21. The van der Waals surface area contributed by atoms with Crippen LogP contribution in [0.5, 0.6) is 11.5 Å². The summed E-state index contributed by atoms with van der Waals surface area (Å²) in [5, 5.41) is 9.96. The Kier molecular flexibility index (Phi) is 4.94. The molecule has 1 aliphatic heterocycles. The lowest BCUT2D eigenvalue weighted by molar-refractivity contribution is 0.0352. The largest absolute Gasteiger partial charge is 0.486 e. The average Bonchev–Trinajstić information content (AvgIpc) is 2.37. The van der Waals surface area contributed by atoms with Crippen LogP contribution in [0, 0.1) is 0 Å². The van der Waals surface area contributed by atoms with E-state index in [1.807, 2.05) is 26.0 Å². The van der Waals surface area contributed by atoms with Crippen molar-refractivity contribution in [3.63, 3.8) is 0 Å². The van der Waals surface area contributed by atoms with Gasteiger partial charge in [-0.15, -0.1) is 0 Å². The molecule has 0 unspecified atom stereocenters. The lowest BCUT2D eigenvalue weighted by Gasteiger charge is -2.29. The van der Waals surface area contributed by atoms with E-state index in [1.54, 1.807) is 0 Å². The summed E-state index contributed by atoms with van der Waals surface area (Å²) in [4.78, 5) is 2.20. The SMILES string of the molecule is CCN(Cc1cc2c(cc1Br)OCCO2)CC(C)(C)O. The molecule has 1 aromatic rings. The van der Waals surface area contributed by atoms with Crippen LogP contribution in [-0.4, -0.2) is 41.9 Å². The number of nitrogens with zero attached hydrogens (tertiary/aromatic N) is 1. The highest BCUT2D eigenvalue weighted by Gasteiger charge is 2.20. The van der Waals surface area contributed by atoms with E-state index in [9.17, 15) is 5.11 Å². The maximum absolute atomic E-state index is 9.96. The summed E-state index contributed by atoms with van der Waals surface area (Å²) in [6.07, 6.45) is 0. The number of fused-ring (bicyclic) bond motifs is 1. The standard InChI is InChI=1S/C15H22BrNO3/c1-4-17(10-15(2,3)18)9-11-7-13-14(8-12(11)16)20-6-5-19-13/h7-8,18H,4-6,9-10H2,1-3H3. The van der Waals surface area contributed by atoms with Crippen molar-refractivity contribution < 1.29 is 14.6 Å². The fourth-order valence-corrected chi connectivity index (χ4v) is 2.74. The van der Waals surface area contributed by atoms with E-state index in [-0.39, 0.29) is 0 Å². The molecule has 4 nitrogen and oxygen atoms in total. The predicted molar refractivity (Wildman–Crippen MR) is 82.4 cm³/mol. The Morgan fingerprint density at radius 3 is 2.40 bits per heavy atom. The molecule has 112 valence electrons. The topological polar surface area (TPSA) is 41.9 Å². The number of hydrogen-bond donors (Lipinski definition) is 1. The van der Waals surface area contributed by atoms with Gasteiger partial charge in [-0.25, -0.2) is 0 Å². The number of benzene rings is 1. The van der Waals surface area contributed by atoms with Gasteiger partial charge in [0, 0.05) is 17.6 Å². The van der Waals surface area contributed by atoms with Crippen molar-refractivity contribution in [2.45, 2.75) is 32.9 Å². The molecule has 0 bridgehead atoms. The summed E-state index contributed by atoms with van der Waals surface area (Å²) in [5.74, 6) is 1.59. The summed E-state index contributed by atoms with van der Waals surface area (Å²) in [7, 11) is 0. The third-order valence-corrected chi connectivity index (χ3v) is 3.90. The lowest BCUT2D eigenvalue weighted by Crippen LogP contribution is -2.38. The zero-order chi connectivity index (χ0) is 14.8. The molecule has 20 heavy (non-hydrogen) atoms. The normalized spacial score (nSPS) is 14.7. The molecule has 1 aliphatic rings. The lowest BCUT2D eigenvalue weighted by atomic mass is 10.1. The van der Waals surface area contributed by atoms with Crippen molar-refractivity contribution in [2.24, 2.45) is 0 Å². The van der Waals surface area contributed by atoms with E-state index in [2.05, 4.69) is 27.8 Å². The average molecular weight is 344 g/mol. The van der Waals surface area contributed by atoms with E-state index >= 15 is 0 Å². The molecule has 0 radical (unpaired) electrons. The van der Waals surface area contributed by atoms with Crippen LogP contribution in [0.4, 0.5) is 0 Å². The molecule has 5 heteroatoms. The first-order chi connectivity index (χ1) is 9.39. The van der Waals surface area contributed by atoms with Crippen molar-refractivity contribution in [1.29, 1.82) is 0 Å². The van der Waals surface area contributed by atoms with Crippen LogP contribution in [0.3, 0.4) is 0 Å². The van der Waals surface area contributed by atoms with Gasteiger partial charge in [-0.1, -0.05) is 22.9 Å². The molecule has 0 aromatic heterocycles. The van der Waals surface area contributed by atoms with Crippen LogP contribution in [0.15, 0.2) is 16.6 Å². The summed E-state index contributed by atoms with van der Waals surface area (Å²) >= 11 is 3.59. The Morgan fingerprint density at radius 1 is 1.25 bits per heavy atom. The minimum absolute atomic E-state index is 0.592. The van der Waals surface area contributed by atoms with Gasteiger partial charge in [0.1, 0.15) is 13.2 Å². The maximum atomic E-state index is 9.96. The monoisotopic (exact) mass is 343 g/mol. The van der Waals surface area contributed by atoms with Gasteiger partial charge < -0.3 is 14.6 Å².